The Labute approximate surface area is 296 Å². The van der Waals surface area contributed by atoms with Crippen molar-refractivity contribution >= 4 is 34.1 Å². The summed E-state index contributed by atoms with van der Waals surface area (Å²) in [6.07, 6.45) is 40.8. The molecule has 0 aromatic carbocycles. The van der Waals surface area contributed by atoms with Crippen molar-refractivity contribution < 1.29 is 13.3 Å². The number of unbranched alkanes of at least 4 members (excludes halogenated alkanes) is 27. The first-order valence-corrected chi connectivity index (χ1v) is 23.3. The Morgan fingerprint density at radius 1 is 0.378 bits per heavy atom. The van der Waals surface area contributed by atoms with Crippen LogP contribution in [-0.4, -0.2) is 39.3 Å². The Balaban J connectivity index is 4.62. The summed E-state index contributed by atoms with van der Waals surface area (Å²) >= 11 is 9.60. The number of hydrogen-bond acceptors (Lipinski definition) is 5. The van der Waals surface area contributed by atoms with Gasteiger partial charge < -0.3 is 13.3 Å². The van der Waals surface area contributed by atoms with Crippen LogP contribution in [0.2, 0.25) is 0 Å². The van der Waals surface area contributed by atoms with E-state index in [0.29, 0.717) is 0 Å². The summed E-state index contributed by atoms with van der Waals surface area (Å²) < 4.78 is 20.1. The lowest BCUT2D eigenvalue weighted by Crippen LogP contribution is -2.55. The highest BCUT2D eigenvalue weighted by Gasteiger charge is 2.47. The van der Waals surface area contributed by atoms with Gasteiger partial charge >= 0.3 is 8.80 Å². The molecule has 0 bridgehead atoms. The van der Waals surface area contributed by atoms with E-state index >= 15 is 0 Å². The lowest BCUT2D eigenvalue weighted by atomic mass is 10.1. The van der Waals surface area contributed by atoms with Gasteiger partial charge in [0.1, 0.15) is 0 Å². The topological polar surface area (TPSA) is 27.7 Å². The van der Waals surface area contributed by atoms with Gasteiger partial charge in [-0.05, 0) is 31.4 Å². The van der Waals surface area contributed by atoms with E-state index in [9.17, 15) is 0 Å². The maximum atomic E-state index is 6.68. The summed E-state index contributed by atoms with van der Waals surface area (Å²) in [5.41, 5.74) is 0. The third-order valence-corrected chi connectivity index (χ3v) is 13.6. The molecule has 272 valence electrons. The normalized spacial score (nSPS) is 12.7. The van der Waals surface area contributed by atoms with Gasteiger partial charge in [0.15, 0.2) is 0 Å². The molecule has 1 unspecified atom stereocenters. The molecular weight excluding hydrogens is 609 g/mol. The van der Waals surface area contributed by atoms with Crippen LogP contribution in [0, 0.1) is 0 Å². The predicted octanol–water partition coefficient (Wildman–Crippen LogP) is 13.9. The molecular formula is C39H82O3S2Si. The van der Waals surface area contributed by atoms with E-state index in [1.807, 2.05) is 0 Å². The van der Waals surface area contributed by atoms with Crippen molar-refractivity contribution in [3.8, 4) is 0 Å². The van der Waals surface area contributed by atoms with Crippen molar-refractivity contribution in [3.63, 3.8) is 0 Å². The van der Waals surface area contributed by atoms with Gasteiger partial charge in [0, 0.05) is 19.8 Å². The Kier molecular flexibility index (Phi) is 38.3. The highest BCUT2D eigenvalue weighted by molar-refractivity contribution is 7.83. The molecule has 0 amide bonds. The molecule has 45 heavy (non-hydrogen) atoms. The third-order valence-electron chi connectivity index (χ3n) is 9.21. The number of thiol groups is 2. The van der Waals surface area contributed by atoms with Crippen LogP contribution in [0.1, 0.15) is 220 Å². The molecule has 0 spiro atoms. The van der Waals surface area contributed by atoms with Crippen molar-refractivity contribution in [3.05, 3.63) is 0 Å². The van der Waals surface area contributed by atoms with E-state index in [-0.39, 0.29) is 4.87 Å². The summed E-state index contributed by atoms with van der Waals surface area (Å²) in [7, 11) is -2.89. The molecule has 0 aliphatic heterocycles. The van der Waals surface area contributed by atoms with Crippen molar-refractivity contribution in [2.75, 3.05) is 25.6 Å². The average molecular weight is 691 g/mol. The minimum absolute atomic E-state index is 0.00404. The fourth-order valence-corrected chi connectivity index (χ4v) is 10.2. The molecule has 0 aromatic rings. The fourth-order valence-electron chi connectivity index (χ4n) is 6.12. The van der Waals surface area contributed by atoms with Crippen molar-refractivity contribution in [1.82, 2.24) is 0 Å². The Morgan fingerprint density at radius 2 is 0.600 bits per heavy atom. The van der Waals surface area contributed by atoms with E-state index in [1.165, 1.54) is 173 Å². The Morgan fingerprint density at radius 3 is 0.822 bits per heavy atom. The second kappa shape index (κ2) is 37.6. The van der Waals surface area contributed by atoms with Crippen LogP contribution in [-0.2, 0) is 13.3 Å². The van der Waals surface area contributed by atoms with Gasteiger partial charge in [0.05, 0.1) is 4.87 Å². The quantitative estimate of drug-likeness (QED) is 0.0382. The zero-order chi connectivity index (χ0) is 32.9. The van der Waals surface area contributed by atoms with E-state index in [4.69, 9.17) is 25.9 Å². The molecule has 1 atom stereocenters. The van der Waals surface area contributed by atoms with Crippen LogP contribution >= 0.6 is 25.3 Å². The van der Waals surface area contributed by atoms with Gasteiger partial charge in [-0.2, -0.15) is 25.3 Å². The minimum Gasteiger partial charge on any atom is -0.373 e. The summed E-state index contributed by atoms with van der Waals surface area (Å²) in [5, 5.41) is 0. The van der Waals surface area contributed by atoms with Gasteiger partial charge in [0.25, 0.3) is 0 Å². The monoisotopic (exact) mass is 691 g/mol. The van der Waals surface area contributed by atoms with Crippen LogP contribution in [0.25, 0.3) is 0 Å². The lowest BCUT2D eigenvalue weighted by Gasteiger charge is -2.34. The van der Waals surface area contributed by atoms with E-state index in [1.54, 1.807) is 0 Å². The van der Waals surface area contributed by atoms with E-state index in [2.05, 4.69) is 33.4 Å². The summed E-state index contributed by atoms with van der Waals surface area (Å²) in [6, 6.07) is 0. The van der Waals surface area contributed by atoms with Crippen LogP contribution in [0.15, 0.2) is 0 Å². The standard InChI is InChI=1S/C39H82O3S2Si/c1-4-7-10-13-16-19-22-25-28-31-35-40-45(39(44)34-38-43,41-36-32-29-26-23-20-17-14-11-8-5-2)42-37-33-30-27-24-21-18-15-12-9-6-3/h39,43-44H,4-38H2,1-3H3. The first-order chi connectivity index (χ1) is 22.2. The largest absolute Gasteiger partial charge is 0.514 e. The SMILES string of the molecule is CCCCCCCCCCCCO[Si](OCCCCCCCCCCCC)(OCCCCCCCCCCCC)C(S)CCS. The average Bonchev–Trinajstić information content (AvgIpc) is 3.04. The molecule has 0 saturated carbocycles. The zero-order valence-corrected chi connectivity index (χ0v) is 33.7. The molecule has 0 heterocycles. The molecule has 0 rings (SSSR count). The Hall–Kier alpha value is 0.797. The first-order valence-electron chi connectivity index (χ1n) is 20.4. The number of hydrogen-bond donors (Lipinski definition) is 2. The van der Waals surface area contributed by atoms with Crippen molar-refractivity contribution in [2.24, 2.45) is 0 Å². The van der Waals surface area contributed by atoms with Gasteiger partial charge in [-0.1, -0.05) is 194 Å². The Bertz CT molecular complexity index is 490. The maximum Gasteiger partial charge on any atom is 0.514 e. The zero-order valence-electron chi connectivity index (χ0n) is 30.9. The van der Waals surface area contributed by atoms with Crippen LogP contribution in [0.3, 0.4) is 0 Å². The number of rotatable bonds is 39. The van der Waals surface area contributed by atoms with Crippen molar-refractivity contribution in [2.45, 2.75) is 225 Å². The minimum atomic E-state index is -2.89. The highest BCUT2D eigenvalue weighted by Crippen LogP contribution is 2.25. The summed E-state index contributed by atoms with van der Waals surface area (Å²) in [5.74, 6) is 0.785. The summed E-state index contributed by atoms with van der Waals surface area (Å²) in [6.45, 7) is 9.09. The van der Waals surface area contributed by atoms with E-state index < -0.39 is 8.80 Å². The second-order valence-electron chi connectivity index (χ2n) is 13.7. The molecule has 6 heteroatoms. The molecule has 0 N–H and O–H groups in total. The first kappa shape index (κ1) is 45.8. The molecule has 0 saturated heterocycles. The predicted molar refractivity (Wildman–Crippen MR) is 210 cm³/mol. The molecule has 3 nitrogen and oxygen atoms in total. The lowest BCUT2D eigenvalue weighted by molar-refractivity contribution is 0.0534. The van der Waals surface area contributed by atoms with Gasteiger partial charge in [0.2, 0.25) is 0 Å². The van der Waals surface area contributed by atoms with Gasteiger partial charge in [-0.25, -0.2) is 0 Å². The third kappa shape index (κ3) is 30.6. The molecule has 0 aromatic heterocycles. The van der Waals surface area contributed by atoms with Crippen LogP contribution in [0.5, 0.6) is 0 Å². The molecule has 0 fully saturated rings. The second-order valence-corrected chi connectivity index (χ2v) is 18.0. The maximum absolute atomic E-state index is 6.68. The smallest absolute Gasteiger partial charge is 0.373 e. The van der Waals surface area contributed by atoms with Gasteiger partial charge in [-0.15, -0.1) is 0 Å². The van der Waals surface area contributed by atoms with E-state index in [0.717, 1.165) is 51.3 Å². The van der Waals surface area contributed by atoms with Gasteiger partial charge in [-0.3, -0.25) is 0 Å². The molecule has 0 aliphatic rings. The fraction of sp³-hybridized carbons (Fsp3) is 1.00. The van der Waals surface area contributed by atoms with Crippen LogP contribution in [0.4, 0.5) is 0 Å². The van der Waals surface area contributed by atoms with Crippen LogP contribution < -0.4 is 0 Å². The summed E-state index contributed by atoms with van der Waals surface area (Å²) in [4.78, 5) is 0.00404. The molecule has 0 aliphatic carbocycles. The van der Waals surface area contributed by atoms with Crippen molar-refractivity contribution in [1.29, 1.82) is 0 Å². The molecule has 0 radical (unpaired) electrons. The highest BCUT2D eigenvalue weighted by atomic mass is 32.1.